The number of rotatable bonds is 4. The van der Waals surface area contributed by atoms with Crippen molar-refractivity contribution in [1.82, 2.24) is 4.31 Å². The number of sulfonamides is 1. The topological polar surface area (TPSA) is 63.7 Å². The van der Waals surface area contributed by atoms with Gasteiger partial charge in [0.1, 0.15) is 5.75 Å². The van der Waals surface area contributed by atoms with Crippen molar-refractivity contribution in [1.29, 1.82) is 0 Å². The highest BCUT2D eigenvalue weighted by Gasteiger charge is 2.32. The lowest BCUT2D eigenvalue weighted by atomic mass is 9.94. The molecule has 1 fully saturated rings. The molecule has 0 saturated carbocycles. The molecule has 0 spiro atoms. The Morgan fingerprint density at radius 1 is 1.07 bits per heavy atom. The fraction of sp³-hybridized carbons (Fsp3) is 0.350. The van der Waals surface area contributed by atoms with Gasteiger partial charge in [-0.15, -0.1) is 0 Å². The van der Waals surface area contributed by atoms with Crippen LogP contribution >= 0.6 is 11.6 Å². The van der Waals surface area contributed by atoms with E-state index in [9.17, 15) is 13.2 Å². The van der Waals surface area contributed by atoms with Crippen LogP contribution in [0.3, 0.4) is 0 Å². The fourth-order valence-corrected chi connectivity index (χ4v) is 5.32. The Bertz CT molecular complexity index is 935. The number of para-hydroxylation sites is 1. The zero-order valence-corrected chi connectivity index (χ0v) is 16.8. The Morgan fingerprint density at radius 3 is 2.41 bits per heavy atom. The van der Waals surface area contributed by atoms with Crippen LogP contribution in [0.25, 0.3) is 0 Å². The normalized spacial score (nSPS) is 21.0. The maximum atomic E-state index is 13.0. The van der Waals surface area contributed by atoms with Gasteiger partial charge in [-0.1, -0.05) is 43.6 Å². The van der Waals surface area contributed by atoms with Crippen molar-refractivity contribution in [3.63, 3.8) is 0 Å². The molecule has 2 aromatic carbocycles. The van der Waals surface area contributed by atoms with Gasteiger partial charge in [0.25, 0.3) is 0 Å². The summed E-state index contributed by atoms with van der Waals surface area (Å²) in [5.41, 5.74) is 0.161. The minimum absolute atomic E-state index is 0.0948. The van der Waals surface area contributed by atoms with E-state index in [-0.39, 0.29) is 16.2 Å². The van der Waals surface area contributed by atoms with E-state index in [0.717, 1.165) is 6.42 Å². The first kappa shape index (κ1) is 19.9. The molecule has 3 rings (SSSR count). The molecule has 1 aliphatic heterocycles. The molecule has 7 heteroatoms. The number of ether oxygens (including phenoxy) is 1. The molecule has 27 heavy (non-hydrogen) atoms. The van der Waals surface area contributed by atoms with Crippen LogP contribution in [0.15, 0.2) is 53.4 Å². The van der Waals surface area contributed by atoms with E-state index < -0.39 is 16.0 Å². The minimum atomic E-state index is -3.67. The van der Waals surface area contributed by atoms with Crippen LogP contribution in [-0.2, 0) is 10.0 Å². The van der Waals surface area contributed by atoms with Gasteiger partial charge in [-0.05, 0) is 48.6 Å². The summed E-state index contributed by atoms with van der Waals surface area (Å²) in [6, 6.07) is 12.6. The van der Waals surface area contributed by atoms with Crippen molar-refractivity contribution < 1.29 is 17.9 Å². The van der Waals surface area contributed by atoms with E-state index in [1.807, 2.05) is 0 Å². The van der Waals surface area contributed by atoms with E-state index >= 15 is 0 Å². The average Bonchev–Trinajstić information content (AvgIpc) is 2.63. The largest absolute Gasteiger partial charge is 0.421 e. The molecule has 144 valence electrons. The number of benzene rings is 2. The van der Waals surface area contributed by atoms with Crippen molar-refractivity contribution in [2.45, 2.75) is 25.2 Å². The van der Waals surface area contributed by atoms with Crippen LogP contribution in [0.2, 0.25) is 5.02 Å². The number of hydrogen-bond donors (Lipinski definition) is 0. The maximum absolute atomic E-state index is 13.0. The molecule has 0 radical (unpaired) electrons. The lowest BCUT2D eigenvalue weighted by Crippen LogP contribution is -2.42. The van der Waals surface area contributed by atoms with E-state index in [0.29, 0.717) is 29.9 Å². The third kappa shape index (κ3) is 4.51. The van der Waals surface area contributed by atoms with Crippen LogP contribution in [0.4, 0.5) is 0 Å². The lowest BCUT2D eigenvalue weighted by Gasteiger charge is -2.34. The van der Waals surface area contributed by atoms with E-state index in [2.05, 4.69) is 13.8 Å². The lowest BCUT2D eigenvalue weighted by molar-refractivity contribution is 0.0734. The summed E-state index contributed by atoms with van der Waals surface area (Å²) >= 11 is 6.01. The zero-order valence-electron chi connectivity index (χ0n) is 15.3. The van der Waals surface area contributed by atoms with Crippen molar-refractivity contribution >= 4 is 27.6 Å². The van der Waals surface area contributed by atoms with E-state index in [4.69, 9.17) is 16.3 Å². The van der Waals surface area contributed by atoms with Crippen LogP contribution in [-0.4, -0.2) is 31.8 Å². The van der Waals surface area contributed by atoms with Gasteiger partial charge in [0.2, 0.25) is 10.0 Å². The summed E-state index contributed by atoms with van der Waals surface area (Å²) in [5, 5.41) is 0.311. The summed E-state index contributed by atoms with van der Waals surface area (Å²) in [4.78, 5) is 12.5. The highest BCUT2D eigenvalue weighted by Crippen LogP contribution is 2.28. The number of carbonyl (C=O) groups is 1. The van der Waals surface area contributed by atoms with Gasteiger partial charge in [0.05, 0.1) is 15.5 Å². The monoisotopic (exact) mass is 407 g/mol. The molecular weight excluding hydrogens is 386 g/mol. The molecule has 1 heterocycles. The van der Waals surface area contributed by atoms with Gasteiger partial charge in [-0.2, -0.15) is 4.31 Å². The predicted octanol–water partition coefficient (Wildman–Crippen LogP) is 4.23. The summed E-state index contributed by atoms with van der Waals surface area (Å²) in [7, 11) is -3.67. The van der Waals surface area contributed by atoms with Gasteiger partial charge < -0.3 is 4.74 Å². The third-order valence-electron chi connectivity index (χ3n) is 4.58. The second kappa shape index (κ2) is 8.00. The Morgan fingerprint density at radius 2 is 1.74 bits per heavy atom. The summed E-state index contributed by atoms with van der Waals surface area (Å²) < 4.78 is 32.8. The first-order valence-corrected chi connectivity index (χ1v) is 10.7. The highest BCUT2D eigenvalue weighted by molar-refractivity contribution is 7.89. The highest BCUT2D eigenvalue weighted by atomic mass is 35.5. The Kier molecular flexibility index (Phi) is 5.89. The molecule has 2 unspecified atom stereocenters. The van der Waals surface area contributed by atoms with Crippen LogP contribution < -0.4 is 4.74 Å². The van der Waals surface area contributed by atoms with Crippen LogP contribution in [0.1, 0.15) is 30.6 Å². The number of piperidine rings is 1. The first-order chi connectivity index (χ1) is 12.8. The molecule has 5 nitrogen and oxygen atoms in total. The summed E-state index contributed by atoms with van der Waals surface area (Å²) in [6.07, 6.45) is 1.01. The third-order valence-corrected chi connectivity index (χ3v) is 6.72. The number of nitrogens with zero attached hydrogens (tertiary/aromatic N) is 1. The smallest absolute Gasteiger partial charge is 0.343 e. The molecule has 2 aromatic rings. The average molecular weight is 408 g/mol. The SMILES string of the molecule is CC1CC(C)CN(S(=O)(=O)c2cccc(C(=O)Oc3ccccc3Cl)c2)C1. The van der Waals surface area contributed by atoms with Gasteiger partial charge >= 0.3 is 5.97 Å². The van der Waals surface area contributed by atoms with Crippen LogP contribution in [0.5, 0.6) is 5.75 Å². The van der Waals surface area contributed by atoms with Crippen LogP contribution in [0, 0.1) is 11.8 Å². The molecule has 2 atom stereocenters. The second-order valence-electron chi connectivity index (χ2n) is 7.12. The number of carbonyl (C=O) groups excluding carboxylic acids is 1. The molecule has 0 bridgehead atoms. The molecule has 0 N–H and O–H groups in total. The van der Waals surface area contributed by atoms with Crippen molar-refractivity contribution in [3.8, 4) is 5.75 Å². The van der Waals surface area contributed by atoms with Gasteiger partial charge in [-0.25, -0.2) is 13.2 Å². The number of halogens is 1. The summed E-state index contributed by atoms with van der Waals surface area (Å²) in [6.45, 7) is 5.08. The first-order valence-electron chi connectivity index (χ1n) is 8.84. The van der Waals surface area contributed by atoms with Crippen molar-refractivity contribution in [3.05, 3.63) is 59.1 Å². The van der Waals surface area contributed by atoms with Gasteiger partial charge in [0.15, 0.2) is 0 Å². The molecule has 1 saturated heterocycles. The molecule has 0 aliphatic carbocycles. The van der Waals surface area contributed by atoms with E-state index in [1.165, 1.54) is 22.5 Å². The molecular formula is C20H22ClNO4S. The molecule has 1 aliphatic rings. The number of hydrogen-bond acceptors (Lipinski definition) is 4. The second-order valence-corrected chi connectivity index (χ2v) is 9.46. The maximum Gasteiger partial charge on any atom is 0.343 e. The summed E-state index contributed by atoms with van der Waals surface area (Å²) in [5.74, 6) is 0.186. The van der Waals surface area contributed by atoms with Crippen molar-refractivity contribution in [2.75, 3.05) is 13.1 Å². The Labute approximate surface area is 165 Å². The fourth-order valence-electron chi connectivity index (χ4n) is 3.42. The van der Waals surface area contributed by atoms with Crippen molar-refractivity contribution in [2.24, 2.45) is 11.8 Å². The molecule has 0 aromatic heterocycles. The minimum Gasteiger partial charge on any atom is -0.421 e. The Balaban J connectivity index is 1.84. The number of esters is 1. The van der Waals surface area contributed by atoms with E-state index in [1.54, 1.807) is 30.3 Å². The van der Waals surface area contributed by atoms with Gasteiger partial charge in [0, 0.05) is 13.1 Å². The molecule has 0 amide bonds. The standard InChI is InChI=1S/C20H22ClNO4S/c1-14-10-15(2)13-22(12-14)27(24,25)17-7-5-6-16(11-17)20(23)26-19-9-4-3-8-18(19)21/h3-9,11,14-15H,10,12-13H2,1-2H3. The van der Waals surface area contributed by atoms with Gasteiger partial charge in [-0.3, -0.25) is 0 Å². The zero-order chi connectivity index (χ0) is 19.6. The quantitative estimate of drug-likeness (QED) is 0.562. The Hall–Kier alpha value is -1.89. The predicted molar refractivity (Wildman–Crippen MR) is 105 cm³/mol.